The maximum atomic E-state index is 11.9. The molecule has 0 radical (unpaired) electrons. The van der Waals surface area contributed by atoms with Gasteiger partial charge in [-0.25, -0.2) is 13.1 Å². The quantitative estimate of drug-likeness (QED) is 0.594. The molecule has 0 atom stereocenters. The second-order valence-electron chi connectivity index (χ2n) is 3.38. The van der Waals surface area contributed by atoms with Gasteiger partial charge in [-0.05, 0) is 12.1 Å². The van der Waals surface area contributed by atoms with Crippen LogP contribution >= 0.6 is 0 Å². The average molecular weight is 252 g/mol. The molecule has 1 aromatic rings. The zero-order valence-corrected chi connectivity index (χ0v) is 10.5. The van der Waals surface area contributed by atoms with E-state index in [1.807, 2.05) is 0 Å². The number of para-hydroxylation sites is 1. The number of sulfonamides is 1. The lowest BCUT2D eigenvalue weighted by Crippen LogP contribution is -2.24. The smallest absolute Gasteiger partial charge is 0.242 e. The van der Waals surface area contributed by atoms with Crippen LogP contribution in [0.25, 0.3) is 0 Å². The van der Waals surface area contributed by atoms with E-state index in [9.17, 15) is 8.42 Å². The summed E-state index contributed by atoms with van der Waals surface area (Å²) < 4.78 is 26.2. The second-order valence-corrected chi connectivity index (χ2v) is 5.11. The first kappa shape index (κ1) is 13.6. The van der Waals surface area contributed by atoms with Crippen molar-refractivity contribution in [3.05, 3.63) is 24.3 Å². The van der Waals surface area contributed by atoms with Crippen molar-refractivity contribution in [2.45, 2.75) is 18.2 Å². The third kappa shape index (κ3) is 3.77. The fraction of sp³-hybridized carbons (Fsp3) is 0.333. The van der Waals surface area contributed by atoms with E-state index in [0.717, 1.165) is 0 Å². The minimum Gasteiger partial charge on any atom is -0.383 e. The zero-order chi connectivity index (χ0) is 12.7. The van der Waals surface area contributed by atoms with Gasteiger partial charge in [0.1, 0.15) is 4.90 Å². The van der Waals surface area contributed by atoms with E-state index in [1.54, 1.807) is 31.2 Å². The van der Waals surface area contributed by atoms with Crippen LogP contribution in [0.5, 0.6) is 0 Å². The summed E-state index contributed by atoms with van der Waals surface area (Å²) in [6.45, 7) is 2.65. The number of hydrogen-bond acceptors (Lipinski definition) is 3. The summed E-state index contributed by atoms with van der Waals surface area (Å²) in [5.74, 6) is 2.49. The SMILES string of the molecule is C#CCCNc1ccccc1S(=O)(=O)NCC. The van der Waals surface area contributed by atoms with Crippen LogP contribution < -0.4 is 10.0 Å². The van der Waals surface area contributed by atoms with Gasteiger partial charge in [-0.3, -0.25) is 0 Å². The van der Waals surface area contributed by atoms with Gasteiger partial charge in [0.2, 0.25) is 10.0 Å². The van der Waals surface area contributed by atoms with Gasteiger partial charge in [0, 0.05) is 19.5 Å². The molecule has 0 saturated carbocycles. The van der Waals surface area contributed by atoms with Crippen molar-refractivity contribution < 1.29 is 8.42 Å². The van der Waals surface area contributed by atoms with Crippen molar-refractivity contribution in [1.82, 2.24) is 4.72 Å². The van der Waals surface area contributed by atoms with Crippen LogP contribution in [0.2, 0.25) is 0 Å². The van der Waals surface area contributed by atoms with Gasteiger partial charge in [-0.2, -0.15) is 0 Å². The number of nitrogens with one attached hydrogen (secondary N) is 2. The predicted octanol–water partition coefficient (Wildman–Crippen LogP) is 1.42. The van der Waals surface area contributed by atoms with Crippen LogP contribution in [0.1, 0.15) is 13.3 Å². The Labute approximate surface area is 102 Å². The van der Waals surface area contributed by atoms with E-state index in [4.69, 9.17) is 6.42 Å². The largest absolute Gasteiger partial charge is 0.383 e. The molecule has 0 aliphatic heterocycles. The Balaban J connectivity index is 2.96. The highest BCUT2D eigenvalue weighted by Gasteiger charge is 2.16. The predicted molar refractivity (Wildman–Crippen MR) is 69.2 cm³/mol. The number of anilines is 1. The zero-order valence-electron chi connectivity index (χ0n) is 9.73. The van der Waals surface area contributed by atoms with E-state index >= 15 is 0 Å². The number of benzene rings is 1. The first-order chi connectivity index (χ1) is 8.11. The van der Waals surface area contributed by atoms with Gasteiger partial charge in [-0.1, -0.05) is 19.1 Å². The van der Waals surface area contributed by atoms with Crippen LogP contribution in [-0.2, 0) is 10.0 Å². The summed E-state index contributed by atoms with van der Waals surface area (Å²) in [7, 11) is -3.44. The topological polar surface area (TPSA) is 58.2 Å². The fourth-order valence-electron chi connectivity index (χ4n) is 1.38. The van der Waals surface area contributed by atoms with Crippen molar-refractivity contribution in [1.29, 1.82) is 0 Å². The lowest BCUT2D eigenvalue weighted by Gasteiger charge is -2.11. The van der Waals surface area contributed by atoms with Gasteiger partial charge < -0.3 is 5.32 Å². The summed E-state index contributed by atoms with van der Waals surface area (Å²) >= 11 is 0. The van der Waals surface area contributed by atoms with Crippen LogP contribution in [0, 0.1) is 12.3 Å². The molecule has 92 valence electrons. The van der Waals surface area contributed by atoms with Gasteiger partial charge in [0.15, 0.2) is 0 Å². The molecule has 1 aromatic carbocycles. The van der Waals surface area contributed by atoms with Crippen molar-refractivity contribution in [3.63, 3.8) is 0 Å². The minimum atomic E-state index is -3.44. The number of hydrogen-bond donors (Lipinski definition) is 2. The Morgan fingerprint density at radius 3 is 2.71 bits per heavy atom. The van der Waals surface area contributed by atoms with Crippen molar-refractivity contribution >= 4 is 15.7 Å². The Bertz CT molecular complexity index is 503. The third-order valence-electron chi connectivity index (χ3n) is 2.10. The average Bonchev–Trinajstić information content (AvgIpc) is 2.30. The highest BCUT2D eigenvalue weighted by Crippen LogP contribution is 2.20. The highest BCUT2D eigenvalue weighted by atomic mass is 32.2. The van der Waals surface area contributed by atoms with Gasteiger partial charge >= 0.3 is 0 Å². The van der Waals surface area contributed by atoms with E-state index in [1.165, 1.54) is 0 Å². The molecular formula is C12H16N2O2S. The number of rotatable bonds is 6. The first-order valence-electron chi connectivity index (χ1n) is 5.38. The van der Waals surface area contributed by atoms with E-state index < -0.39 is 10.0 Å². The lowest BCUT2D eigenvalue weighted by molar-refractivity contribution is 0.584. The molecule has 0 heterocycles. The first-order valence-corrected chi connectivity index (χ1v) is 6.86. The molecular weight excluding hydrogens is 236 g/mol. The molecule has 5 heteroatoms. The van der Waals surface area contributed by atoms with Crippen molar-refractivity contribution in [3.8, 4) is 12.3 Å². The summed E-state index contributed by atoms with van der Waals surface area (Å²) in [6, 6.07) is 6.76. The molecule has 17 heavy (non-hydrogen) atoms. The molecule has 0 spiro atoms. The summed E-state index contributed by atoms with van der Waals surface area (Å²) in [5, 5.41) is 3.02. The highest BCUT2D eigenvalue weighted by molar-refractivity contribution is 7.89. The van der Waals surface area contributed by atoms with Crippen molar-refractivity contribution in [2.75, 3.05) is 18.4 Å². The third-order valence-corrected chi connectivity index (χ3v) is 3.70. The molecule has 4 nitrogen and oxygen atoms in total. The van der Waals surface area contributed by atoms with Crippen LogP contribution in [0.4, 0.5) is 5.69 Å². The van der Waals surface area contributed by atoms with E-state index in [-0.39, 0.29) is 4.90 Å². The second kappa shape index (κ2) is 6.28. The monoisotopic (exact) mass is 252 g/mol. The summed E-state index contributed by atoms with van der Waals surface area (Å²) in [6.07, 6.45) is 5.69. The molecule has 0 aromatic heterocycles. The molecule has 0 amide bonds. The van der Waals surface area contributed by atoms with Gasteiger partial charge in [0.25, 0.3) is 0 Å². The fourth-order valence-corrected chi connectivity index (χ4v) is 2.61. The Morgan fingerprint density at radius 2 is 2.06 bits per heavy atom. The van der Waals surface area contributed by atoms with Crippen LogP contribution in [-0.4, -0.2) is 21.5 Å². The molecule has 1 rings (SSSR count). The Hall–Kier alpha value is -1.51. The Kier molecular flexibility index (Phi) is 5.01. The summed E-state index contributed by atoms with van der Waals surface area (Å²) in [5.41, 5.74) is 0.573. The maximum Gasteiger partial charge on any atom is 0.242 e. The standard InChI is InChI=1S/C12H16N2O2S/c1-3-5-10-13-11-8-6-7-9-12(11)17(15,16)14-4-2/h1,6-9,13-14H,4-5,10H2,2H3. The molecule has 2 N–H and O–H groups in total. The van der Waals surface area contributed by atoms with Gasteiger partial charge in [0.05, 0.1) is 5.69 Å². The van der Waals surface area contributed by atoms with E-state index in [2.05, 4.69) is 16.0 Å². The molecule has 0 bridgehead atoms. The molecule has 0 saturated heterocycles. The molecule has 0 aliphatic carbocycles. The number of terminal acetylenes is 1. The summed E-state index contributed by atoms with van der Waals surface area (Å²) in [4.78, 5) is 0.249. The molecule has 0 aliphatic rings. The van der Waals surface area contributed by atoms with Gasteiger partial charge in [-0.15, -0.1) is 12.3 Å². The van der Waals surface area contributed by atoms with Crippen LogP contribution in [0.15, 0.2) is 29.2 Å². The Morgan fingerprint density at radius 1 is 1.35 bits per heavy atom. The van der Waals surface area contributed by atoms with Crippen LogP contribution in [0.3, 0.4) is 0 Å². The van der Waals surface area contributed by atoms with Crippen molar-refractivity contribution in [2.24, 2.45) is 0 Å². The maximum absolute atomic E-state index is 11.9. The minimum absolute atomic E-state index is 0.249. The molecule has 0 unspecified atom stereocenters. The van der Waals surface area contributed by atoms with E-state index in [0.29, 0.717) is 25.2 Å². The lowest BCUT2D eigenvalue weighted by atomic mass is 10.3. The normalized spacial score (nSPS) is 10.8. The molecule has 0 fully saturated rings.